The van der Waals surface area contributed by atoms with Crippen molar-refractivity contribution in [1.29, 1.82) is 0 Å². The van der Waals surface area contributed by atoms with Crippen molar-refractivity contribution < 1.29 is 0 Å². The van der Waals surface area contributed by atoms with Crippen LogP contribution >= 0.6 is 0 Å². The molecule has 0 aliphatic heterocycles. The molecule has 7 aromatic rings. The van der Waals surface area contributed by atoms with E-state index in [1.54, 1.807) is 0 Å². The fraction of sp³-hybridized carbons (Fsp3) is 0. The lowest BCUT2D eigenvalue weighted by Gasteiger charge is -2.13. The van der Waals surface area contributed by atoms with Crippen molar-refractivity contribution in [2.75, 3.05) is 0 Å². The second-order valence-corrected chi connectivity index (χ2v) is 8.30. The van der Waals surface area contributed by atoms with E-state index < -0.39 is 0 Å². The molecule has 0 radical (unpaired) electrons. The van der Waals surface area contributed by atoms with E-state index in [1.807, 2.05) is 12.3 Å². The van der Waals surface area contributed by atoms with Crippen LogP contribution in [-0.4, -0.2) is 9.97 Å². The highest BCUT2D eigenvalue weighted by atomic mass is 14.8. The molecule has 0 spiro atoms. The number of hydrogen-bond acceptors (Lipinski definition) is 2. The van der Waals surface area contributed by atoms with Crippen molar-refractivity contribution in [3.63, 3.8) is 0 Å². The van der Waals surface area contributed by atoms with Crippen molar-refractivity contribution in [2.24, 2.45) is 0 Å². The van der Waals surface area contributed by atoms with Crippen LogP contribution in [0, 0.1) is 0 Å². The highest BCUT2D eigenvalue weighted by molar-refractivity contribution is 6.16. The van der Waals surface area contributed by atoms with Gasteiger partial charge in [-0.05, 0) is 62.6 Å². The Labute approximate surface area is 184 Å². The Kier molecular flexibility index (Phi) is 3.58. The summed E-state index contributed by atoms with van der Waals surface area (Å²) in [6.07, 6.45) is 1.84. The number of pyridine rings is 2. The summed E-state index contributed by atoms with van der Waals surface area (Å²) < 4.78 is 0. The number of fused-ring (bicyclic) bond motifs is 6. The molecule has 2 heterocycles. The lowest BCUT2D eigenvalue weighted by atomic mass is 9.92. The molecule has 0 saturated carbocycles. The van der Waals surface area contributed by atoms with Gasteiger partial charge in [0.2, 0.25) is 0 Å². The van der Waals surface area contributed by atoms with Crippen LogP contribution in [0.2, 0.25) is 0 Å². The molecule has 0 aliphatic rings. The normalized spacial score (nSPS) is 11.8. The molecule has 0 unspecified atom stereocenters. The van der Waals surface area contributed by atoms with Gasteiger partial charge in [0.25, 0.3) is 0 Å². The maximum absolute atomic E-state index is 5.19. The molecule has 2 aromatic heterocycles. The van der Waals surface area contributed by atoms with Crippen LogP contribution in [0.15, 0.2) is 109 Å². The first-order chi connectivity index (χ1) is 15.8. The highest BCUT2D eigenvalue weighted by Gasteiger charge is 2.13. The molecular weight excluding hydrogens is 388 g/mol. The zero-order chi connectivity index (χ0) is 21.1. The predicted octanol–water partition coefficient (Wildman–Crippen LogP) is 7.91. The molecule has 0 fully saturated rings. The van der Waals surface area contributed by atoms with Gasteiger partial charge in [-0.2, -0.15) is 0 Å². The molecule has 5 aromatic carbocycles. The molecule has 0 aliphatic carbocycles. The Balaban J connectivity index is 1.65. The summed E-state index contributed by atoms with van der Waals surface area (Å²) in [5, 5.41) is 9.61. The standard InChI is InChI=1S/C30H18N2/c1-2-7-22-18-26-24(16-21(22)6-1)17-23-8-3-4-10-25(23)28(26)27-14-13-20-12-11-19-9-5-15-31-29(19)30(20)32-27/h1-18H. The lowest BCUT2D eigenvalue weighted by Crippen LogP contribution is -1.91. The number of nitrogens with zero attached hydrogens (tertiary/aromatic N) is 2. The minimum atomic E-state index is 0.946. The third kappa shape index (κ3) is 2.53. The summed E-state index contributed by atoms with van der Waals surface area (Å²) in [6, 6.07) is 36.7. The third-order valence-electron chi connectivity index (χ3n) is 6.42. The molecule has 0 N–H and O–H groups in total. The Morgan fingerprint density at radius 3 is 1.97 bits per heavy atom. The van der Waals surface area contributed by atoms with Gasteiger partial charge in [0, 0.05) is 22.5 Å². The van der Waals surface area contributed by atoms with Crippen molar-refractivity contribution in [2.45, 2.75) is 0 Å². The smallest absolute Gasteiger partial charge is 0.0972 e. The highest BCUT2D eigenvalue weighted by Crippen LogP contribution is 2.38. The summed E-state index contributed by atoms with van der Waals surface area (Å²) in [6.45, 7) is 0. The molecule has 32 heavy (non-hydrogen) atoms. The third-order valence-corrected chi connectivity index (χ3v) is 6.42. The minimum Gasteiger partial charge on any atom is -0.254 e. The van der Waals surface area contributed by atoms with Crippen LogP contribution in [0.25, 0.3) is 65.4 Å². The Morgan fingerprint density at radius 2 is 1.09 bits per heavy atom. The first kappa shape index (κ1) is 17.4. The molecule has 148 valence electrons. The van der Waals surface area contributed by atoms with Gasteiger partial charge in [0.05, 0.1) is 16.7 Å². The van der Waals surface area contributed by atoms with Crippen LogP contribution in [0.1, 0.15) is 0 Å². The van der Waals surface area contributed by atoms with Gasteiger partial charge < -0.3 is 0 Å². The molecule has 0 atom stereocenters. The molecule has 7 rings (SSSR count). The van der Waals surface area contributed by atoms with E-state index in [1.165, 1.54) is 37.9 Å². The molecule has 0 saturated heterocycles. The SMILES string of the molecule is c1ccc2cc3c(-c4ccc5ccc6cccnc6c5n4)c4ccccc4cc3cc2c1. The van der Waals surface area contributed by atoms with E-state index in [0.29, 0.717) is 0 Å². The second kappa shape index (κ2) is 6.60. The number of hydrogen-bond donors (Lipinski definition) is 0. The molecule has 2 heteroatoms. The van der Waals surface area contributed by atoms with E-state index in [4.69, 9.17) is 4.98 Å². The topological polar surface area (TPSA) is 25.8 Å². The van der Waals surface area contributed by atoms with E-state index in [0.717, 1.165) is 27.5 Å². The van der Waals surface area contributed by atoms with E-state index >= 15 is 0 Å². The predicted molar refractivity (Wildman–Crippen MR) is 135 cm³/mol. The van der Waals surface area contributed by atoms with Gasteiger partial charge in [-0.15, -0.1) is 0 Å². The zero-order valence-corrected chi connectivity index (χ0v) is 17.3. The quantitative estimate of drug-likeness (QED) is 0.204. The van der Waals surface area contributed by atoms with Crippen LogP contribution in [0.5, 0.6) is 0 Å². The summed E-state index contributed by atoms with van der Waals surface area (Å²) >= 11 is 0. The lowest BCUT2D eigenvalue weighted by molar-refractivity contribution is 1.38. The zero-order valence-electron chi connectivity index (χ0n) is 17.3. The first-order valence-electron chi connectivity index (χ1n) is 10.8. The van der Waals surface area contributed by atoms with Gasteiger partial charge in [0.1, 0.15) is 0 Å². The number of aromatic nitrogens is 2. The molecular formula is C30H18N2. The Morgan fingerprint density at radius 1 is 0.438 bits per heavy atom. The summed E-state index contributed by atoms with van der Waals surface area (Å²) in [7, 11) is 0. The van der Waals surface area contributed by atoms with Crippen LogP contribution in [0.4, 0.5) is 0 Å². The fourth-order valence-corrected chi connectivity index (χ4v) is 4.90. The van der Waals surface area contributed by atoms with Gasteiger partial charge in [-0.1, -0.05) is 72.8 Å². The first-order valence-corrected chi connectivity index (χ1v) is 10.8. The number of benzene rings is 5. The van der Waals surface area contributed by atoms with Gasteiger partial charge in [-0.3, -0.25) is 4.98 Å². The maximum Gasteiger partial charge on any atom is 0.0972 e. The monoisotopic (exact) mass is 406 g/mol. The average Bonchev–Trinajstić information content (AvgIpc) is 2.85. The van der Waals surface area contributed by atoms with Crippen molar-refractivity contribution in [3.8, 4) is 11.3 Å². The Bertz CT molecular complexity index is 1830. The van der Waals surface area contributed by atoms with E-state index in [9.17, 15) is 0 Å². The fourth-order valence-electron chi connectivity index (χ4n) is 4.90. The molecule has 0 amide bonds. The van der Waals surface area contributed by atoms with Crippen LogP contribution < -0.4 is 0 Å². The van der Waals surface area contributed by atoms with Gasteiger partial charge >= 0.3 is 0 Å². The summed E-state index contributed by atoms with van der Waals surface area (Å²) in [5.74, 6) is 0. The number of rotatable bonds is 1. The second-order valence-electron chi connectivity index (χ2n) is 8.30. The van der Waals surface area contributed by atoms with Crippen LogP contribution in [0.3, 0.4) is 0 Å². The van der Waals surface area contributed by atoms with Gasteiger partial charge in [0.15, 0.2) is 0 Å². The summed E-state index contributed by atoms with van der Waals surface area (Å²) in [4.78, 5) is 9.84. The minimum absolute atomic E-state index is 0.946. The molecule has 0 bridgehead atoms. The summed E-state index contributed by atoms with van der Waals surface area (Å²) in [5.41, 5.74) is 4.05. The van der Waals surface area contributed by atoms with Crippen molar-refractivity contribution in [1.82, 2.24) is 9.97 Å². The van der Waals surface area contributed by atoms with Crippen molar-refractivity contribution >= 4 is 54.1 Å². The maximum atomic E-state index is 5.19. The van der Waals surface area contributed by atoms with Crippen molar-refractivity contribution in [3.05, 3.63) is 109 Å². The molecule has 2 nitrogen and oxygen atoms in total. The van der Waals surface area contributed by atoms with Crippen LogP contribution in [-0.2, 0) is 0 Å². The van der Waals surface area contributed by atoms with E-state index in [2.05, 4.69) is 102 Å². The van der Waals surface area contributed by atoms with E-state index in [-0.39, 0.29) is 0 Å². The average molecular weight is 406 g/mol. The Hall–Kier alpha value is -4.30. The largest absolute Gasteiger partial charge is 0.254 e. The van der Waals surface area contributed by atoms with Gasteiger partial charge in [-0.25, -0.2) is 4.98 Å².